The number of allylic oxidation sites excluding steroid dienone is 2. The Kier molecular flexibility index (Phi) is 8.05. The van der Waals surface area contributed by atoms with E-state index in [2.05, 4.69) is 10.3 Å². The topological polar surface area (TPSA) is 77.5 Å². The van der Waals surface area contributed by atoms with E-state index in [1.165, 1.54) is 0 Å². The molecule has 1 aliphatic heterocycles. The van der Waals surface area contributed by atoms with Gasteiger partial charge in [0, 0.05) is 23.5 Å². The zero-order valence-electron chi connectivity index (χ0n) is 16.8. The molecule has 1 unspecified atom stereocenters. The molecule has 0 amide bonds. The molecule has 1 aliphatic rings. The Bertz CT molecular complexity index is 772. The van der Waals surface area contributed by atoms with Crippen LogP contribution in [0.2, 0.25) is 0 Å². The minimum Gasteiger partial charge on any atom is -0.462 e. The SMILES string of the molecule is CC1=C(C(=O)OCCCCCl)C(c2ccccn2)C(C(=O)OC(C)C)=C(C)N1. The smallest absolute Gasteiger partial charge is 0.337 e. The molecule has 6 nitrogen and oxygen atoms in total. The average Bonchev–Trinajstić information content (AvgIpc) is 2.64. The van der Waals surface area contributed by atoms with Gasteiger partial charge < -0.3 is 14.8 Å². The Morgan fingerprint density at radius 2 is 1.82 bits per heavy atom. The number of ether oxygens (including phenoxy) is 2. The number of hydrogen-bond donors (Lipinski definition) is 1. The standard InChI is InChI=1S/C21H27ClN2O4/c1-13(2)28-21(26)18-15(4)24-14(3)17(20(25)27-12-8-6-10-22)19(18)16-9-5-7-11-23-16/h5,7,9,11,13,19,24H,6,8,10,12H2,1-4H3. The first-order chi connectivity index (χ1) is 13.4. The van der Waals surface area contributed by atoms with Gasteiger partial charge in [-0.05, 0) is 52.7 Å². The van der Waals surface area contributed by atoms with Crippen molar-refractivity contribution in [1.29, 1.82) is 0 Å². The minimum atomic E-state index is -0.658. The Morgan fingerprint density at radius 3 is 2.39 bits per heavy atom. The third-order valence-electron chi connectivity index (χ3n) is 4.29. The van der Waals surface area contributed by atoms with Crippen molar-refractivity contribution in [3.63, 3.8) is 0 Å². The molecule has 0 radical (unpaired) electrons. The second-order valence-electron chi connectivity index (χ2n) is 6.88. The Balaban J connectivity index is 2.42. The van der Waals surface area contributed by atoms with Crippen molar-refractivity contribution in [3.8, 4) is 0 Å². The predicted molar refractivity (Wildman–Crippen MR) is 108 cm³/mol. The molecule has 0 aliphatic carbocycles. The van der Waals surface area contributed by atoms with Crippen LogP contribution in [0.25, 0.3) is 0 Å². The fraction of sp³-hybridized carbons (Fsp3) is 0.476. The molecule has 0 saturated carbocycles. The van der Waals surface area contributed by atoms with Crippen LogP contribution in [0.4, 0.5) is 0 Å². The van der Waals surface area contributed by atoms with Crippen molar-refractivity contribution >= 4 is 23.5 Å². The summed E-state index contributed by atoms with van der Waals surface area (Å²) in [6.07, 6.45) is 2.80. The number of carbonyl (C=O) groups is 2. The van der Waals surface area contributed by atoms with Gasteiger partial charge in [-0.3, -0.25) is 4.98 Å². The van der Waals surface area contributed by atoms with Gasteiger partial charge in [-0.1, -0.05) is 6.07 Å². The number of halogens is 1. The largest absolute Gasteiger partial charge is 0.462 e. The molecule has 0 bridgehead atoms. The monoisotopic (exact) mass is 406 g/mol. The molecule has 1 N–H and O–H groups in total. The molecule has 2 rings (SSSR count). The number of aromatic nitrogens is 1. The van der Waals surface area contributed by atoms with Crippen LogP contribution < -0.4 is 5.32 Å². The summed E-state index contributed by atoms with van der Waals surface area (Å²) in [7, 11) is 0. The Labute approximate surface area is 171 Å². The summed E-state index contributed by atoms with van der Waals surface area (Å²) in [6, 6.07) is 5.40. The molecule has 0 aromatic carbocycles. The number of dihydropyridines is 1. The van der Waals surface area contributed by atoms with E-state index >= 15 is 0 Å². The van der Waals surface area contributed by atoms with E-state index in [0.29, 0.717) is 40.5 Å². The molecule has 0 spiro atoms. The van der Waals surface area contributed by atoms with Crippen LogP contribution >= 0.6 is 11.6 Å². The van der Waals surface area contributed by atoms with Crippen LogP contribution in [0.1, 0.15) is 52.1 Å². The maximum Gasteiger partial charge on any atom is 0.337 e. The first kappa shape index (κ1) is 22.0. The van der Waals surface area contributed by atoms with Gasteiger partial charge in [-0.15, -0.1) is 11.6 Å². The number of alkyl halides is 1. The van der Waals surface area contributed by atoms with Crippen LogP contribution in [-0.4, -0.2) is 35.5 Å². The lowest BCUT2D eigenvalue weighted by Gasteiger charge is -2.30. The quantitative estimate of drug-likeness (QED) is 0.401. The zero-order chi connectivity index (χ0) is 20.7. The number of pyridine rings is 1. The van der Waals surface area contributed by atoms with Crippen molar-refractivity contribution in [1.82, 2.24) is 10.3 Å². The van der Waals surface area contributed by atoms with Gasteiger partial charge >= 0.3 is 11.9 Å². The highest BCUT2D eigenvalue weighted by Crippen LogP contribution is 2.38. The number of nitrogens with zero attached hydrogens (tertiary/aromatic N) is 1. The van der Waals surface area contributed by atoms with E-state index in [4.69, 9.17) is 21.1 Å². The van der Waals surface area contributed by atoms with E-state index < -0.39 is 17.9 Å². The van der Waals surface area contributed by atoms with E-state index in [0.717, 1.165) is 6.42 Å². The summed E-state index contributed by atoms with van der Waals surface area (Å²) in [6.45, 7) is 7.42. The molecule has 28 heavy (non-hydrogen) atoms. The Morgan fingerprint density at radius 1 is 1.14 bits per heavy atom. The molecule has 7 heteroatoms. The van der Waals surface area contributed by atoms with Crippen molar-refractivity contribution in [3.05, 3.63) is 52.6 Å². The normalized spacial score (nSPS) is 16.9. The summed E-state index contributed by atoms with van der Waals surface area (Å²) in [5, 5.41) is 3.12. The summed E-state index contributed by atoms with van der Waals surface area (Å²) < 4.78 is 10.9. The molecule has 152 valence electrons. The highest BCUT2D eigenvalue weighted by Gasteiger charge is 2.38. The third kappa shape index (κ3) is 5.35. The van der Waals surface area contributed by atoms with Gasteiger partial charge in [-0.2, -0.15) is 0 Å². The van der Waals surface area contributed by atoms with E-state index in [-0.39, 0.29) is 12.7 Å². The van der Waals surface area contributed by atoms with Gasteiger partial charge in [0.15, 0.2) is 0 Å². The number of nitrogens with one attached hydrogen (secondary N) is 1. The number of hydrogen-bond acceptors (Lipinski definition) is 6. The molecular formula is C21H27ClN2O4. The van der Waals surface area contributed by atoms with Gasteiger partial charge in [0.2, 0.25) is 0 Å². The summed E-state index contributed by atoms with van der Waals surface area (Å²) in [4.78, 5) is 30.1. The third-order valence-corrected chi connectivity index (χ3v) is 4.55. The summed E-state index contributed by atoms with van der Waals surface area (Å²) in [5.74, 6) is -1.09. The van der Waals surface area contributed by atoms with E-state index in [9.17, 15) is 9.59 Å². The number of esters is 2. The van der Waals surface area contributed by atoms with Crippen LogP contribution in [0.3, 0.4) is 0 Å². The van der Waals surface area contributed by atoms with Gasteiger partial charge in [0.25, 0.3) is 0 Å². The van der Waals surface area contributed by atoms with Crippen LogP contribution in [0.5, 0.6) is 0 Å². The number of carbonyl (C=O) groups excluding carboxylic acids is 2. The fourth-order valence-corrected chi connectivity index (χ4v) is 3.28. The van der Waals surface area contributed by atoms with Gasteiger partial charge in [0.1, 0.15) is 0 Å². The molecule has 1 atom stereocenters. The molecular weight excluding hydrogens is 380 g/mol. The van der Waals surface area contributed by atoms with E-state index in [1.807, 2.05) is 6.07 Å². The van der Waals surface area contributed by atoms with E-state index in [1.54, 1.807) is 46.0 Å². The average molecular weight is 407 g/mol. The molecule has 1 aromatic rings. The van der Waals surface area contributed by atoms with Gasteiger partial charge in [-0.25, -0.2) is 9.59 Å². The van der Waals surface area contributed by atoms with Crippen molar-refractivity contribution in [2.75, 3.05) is 12.5 Å². The second kappa shape index (κ2) is 10.3. The summed E-state index contributed by atoms with van der Waals surface area (Å²) in [5.41, 5.74) is 2.59. The molecule has 2 heterocycles. The maximum atomic E-state index is 12.9. The first-order valence-corrected chi connectivity index (χ1v) is 9.93. The summed E-state index contributed by atoms with van der Waals surface area (Å²) >= 11 is 5.68. The highest BCUT2D eigenvalue weighted by atomic mass is 35.5. The predicted octanol–water partition coefficient (Wildman–Crippen LogP) is 3.83. The maximum absolute atomic E-state index is 12.9. The lowest BCUT2D eigenvalue weighted by molar-refractivity contribution is -0.143. The number of unbranched alkanes of at least 4 members (excludes halogenated alkanes) is 1. The lowest BCUT2D eigenvalue weighted by atomic mass is 9.82. The lowest BCUT2D eigenvalue weighted by Crippen LogP contribution is -2.33. The van der Waals surface area contributed by atoms with Crippen molar-refractivity contribution in [2.45, 2.75) is 52.6 Å². The minimum absolute atomic E-state index is 0.270. The molecule has 0 saturated heterocycles. The molecule has 0 fully saturated rings. The molecule has 1 aromatic heterocycles. The second-order valence-corrected chi connectivity index (χ2v) is 7.25. The van der Waals surface area contributed by atoms with Crippen LogP contribution in [0.15, 0.2) is 46.9 Å². The zero-order valence-corrected chi connectivity index (χ0v) is 17.5. The Hall–Kier alpha value is -2.34. The number of rotatable bonds is 8. The fourth-order valence-electron chi connectivity index (χ4n) is 3.09. The van der Waals surface area contributed by atoms with Crippen LogP contribution in [0, 0.1) is 0 Å². The first-order valence-electron chi connectivity index (χ1n) is 9.40. The van der Waals surface area contributed by atoms with Crippen LogP contribution in [-0.2, 0) is 19.1 Å². The van der Waals surface area contributed by atoms with Crippen molar-refractivity contribution in [2.24, 2.45) is 0 Å². The van der Waals surface area contributed by atoms with Gasteiger partial charge in [0.05, 0.1) is 35.5 Å². The van der Waals surface area contributed by atoms with Crippen molar-refractivity contribution < 1.29 is 19.1 Å². The highest BCUT2D eigenvalue weighted by molar-refractivity contribution is 6.17.